The van der Waals surface area contributed by atoms with E-state index in [0.29, 0.717) is 6.04 Å². The van der Waals surface area contributed by atoms with Gasteiger partial charge in [-0.2, -0.15) is 0 Å². The van der Waals surface area contributed by atoms with Crippen LogP contribution in [0.1, 0.15) is 20.3 Å². The third-order valence-electron chi connectivity index (χ3n) is 3.18. The van der Waals surface area contributed by atoms with Crippen molar-refractivity contribution >= 4 is 5.91 Å². The average molecular weight is 182 g/mol. The van der Waals surface area contributed by atoms with Crippen LogP contribution in [-0.2, 0) is 4.79 Å². The molecule has 74 valence electrons. The molecule has 13 heavy (non-hydrogen) atoms. The average Bonchev–Trinajstić information content (AvgIpc) is 2.64. The highest BCUT2D eigenvalue weighted by Gasteiger charge is 2.38. The summed E-state index contributed by atoms with van der Waals surface area (Å²) in [6.45, 7) is 7.40. The van der Waals surface area contributed by atoms with Crippen molar-refractivity contribution in [2.75, 3.05) is 19.6 Å². The monoisotopic (exact) mass is 182 g/mol. The van der Waals surface area contributed by atoms with Crippen LogP contribution in [0.3, 0.4) is 0 Å². The number of hydrogen-bond donors (Lipinski definition) is 1. The van der Waals surface area contributed by atoms with Gasteiger partial charge >= 0.3 is 0 Å². The molecule has 0 aromatic rings. The second-order valence-corrected chi connectivity index (χ2v) is 4.58. The highest BCUT2D eigenvalue weighted by atomic mass is 16.1. The Hall–Kier alpha value is -0.570. The van der Waals surface area contributed by atoms with Gasteiger partial charge in [0, 0.05) is 25.0 Å². The van der Waals surface area contributed by atoms with Crippen LogP contribution in [0.25, 0.3) is 0 Å². The Morgan fingerprint density at radius 2 is 2.23 bits per heavy atom. The minimum absolute atomic E-state index is 0.120. The van der Waals surface area contributed by atoms with Crippen LogP contribution in [0.4, 0.5) is 0 Å². The van der Waals surface area contributed by atoms with E-state index >= 15 is 0 Å². The zero-order valence-corrected chi connectivity index (χ0v) is 8.42. The third kappa shape index (κ3) is 1.70. The molecule has 3 heteroatoms. The van der Waals surface area contributed by atoms with Crippen LogP contribution in [0.15, 0.2) is 0 Å². The lowest BCUT2D eigenvalue weighted by molar-refractivity contribution is -0.125. The van der Waals surface area contributed by atoms with E-state index in [1.807, 2.05) is 13.8 Å². The molecule has 0 aromatic carbocycles. The van der Waals surface area contributed by atoms with Crippen molar-refractivity contribution in [1.29, 1.82) is 0 Å². The summed E-state index contributed by atoms with van der Waals surface area (Å²) in [6.07, 6.45) is 1.27. The zero-order valence-electron chi connectivity index (χ0n) is 8.42. The Bertz CT molecular complexity index is 215. The van der Waals surface area contributed by atoms with Gasteiger partial charge in [0.05, 0.1) is 0 Å². The number of piperidine rings is 1. The number of amides is 1. The fraction of sp³-hybridized carbons (Fsp3) is 0.900. The van der Waals surface area contributed by atoms with E-state index in [1.165, 1.54) is 19.5 Å². The molecule has 2 bridgehead atoms. The quantitative estimate of drug-likeness (QED) is 0.673. The zero-order chi connectivity index (χ0) is 9.42. The molecule has 2 rings (SSSR count). The maximum Gasteiger partial charge on any atom is 0.222 e. The van der Waals surface area contributed by atoms with Crippen LogP contribution >= 0.6 is 0 Å². The first-order valence-electron chi connectivity index (χ1n) is 5.19. The minimum Gasteiger partial charge on any atom is -0.352 e. The SMILES string of the molecule is CC(C)C(=O)N[C@H]1CN2CC[C@@H]1C2. The van der Waals surface area contributed by atoms with Crippen LogP contribution < -0.4 is 5.32 Å². The second kappa shape index (κ2) is 3.29. The molecule has 3 nitrogen and oxygen atoms in total. The van der Waals surface area contributed by atoms with E-state index in [1.54, 1.807) is 0 Å². The smallest absolute Gasteiger partial charge is 0.222 e. The molecule has 0 radical (unpaired) electrons. The molecule has 1 unspecified atom stereocenters. The number of carbonyl (C=O) groups excluding carboxylic acids is 1. The summed E-state index contributed by atoms with van der Waals surface area (Å²) in [5.41, 5.74) is 0. The predicted molar refractivity (Wildman–Crippen MR) is 51.3 cm³/mol. The highest BCUT2D eigenvalue weighted by molar-refractivity contribution is 5.78. The van der Waals surface area contributed by atoms with Crippen LogP contribution in [0.2, 0.25) is 0 Å². The molecular formula is C10H18N2O. The molecule has 0 saturated carbocycles. The molecule has 1 N–H and O–H groups in total. The Balaban J connectivity index is 1.86. The Kier molecular flexibility index (Phi) is 2.28. The number of nitrogens with one attached hydrogen (secondary N) is 1. The van der Waals surface area contributed by atoms with Gasteiger partial charge in [-0.05, 0) is 18.9 Å². The second-order valence-electron chi connectivity index (χ2n) is 4.58. The maximum absolute atomic E-state index is 11.4. The van der Waals surface area contributed by atoms with E-state index in [4.69, 9.17) is 0 Å². The van der Waals surface area contributed by atoms with Gasteiger partial charge in [0.15, 0.2) is 0 Å². The lowest BCUT2D eigenvalue weighted by Gasteiger charge is -2.23. The van der Waals surface area contributed by atoms with Gasteiger partial charge < -0.3 is 10.2 Å². The molecular weight excluding hydrogens is 164 g/mol. The molecule has 3 atom stereocenters. The molecule has 1 amide bonds. The van der Waals surface area contributed by atoms with Gasteiger partial charge in [0.25, 0.3) is 0 Å². The molecule has 2 fully saturated rings. The maximum atomic E-state index is 11.4. The molecule has 2 aliphatic rings. The number of rotatable bonds is 2. The molecule has 2 saturated heterocycles. The van der Waals surface area contributed by atoms with Gasteiger partial charge in [-0.15, -0.1) is 0 Å². The fourth-order valence-corrected chi connectivity index (χ4v) is 2.30. The summed E-state index contributed by atoms with van der Waals surface area (Å²) in [5.74, 6) is 1.05. The number of carbonyl (C=O) groups is 1. The van der Waals surface area contributed by atoms with Crippen molar-refractivity contribution in [2.45, 2.75) is 26.3 Å². The summed E-state index contributed by atoms with van der Waals surface area (Å²) >= 11 is 0. The van der Waals surface area contributed by atoms with Crippen molar-refractivity contribution in [3.05, 3.63) is 0 Å². The van der Waals surface area contributed by atoms with E-state index in [0.717, 1.165) is 12.5 Å². The van der Waals surface area contributed by atoms with Crippen LogP contribution in [0, 0.1) is 11.8 Å². The summed E-state index contributed by atoms with van der Waals surface area (Å²) in [5, 5.41) is 3.13. The summed E-state index contributed by atoms with van der Waals surface area (Å²) in [4.78, 5) is 13.9. The molecule has 0 spiro atoms. The molecule has 2 aliphatic heterocycles. The van der Waals surface area contributed by atoms with Crippen molar-refractivity contribution < 1.29 is 4.79 Å². The lowest BCUT2D eigenvalue weighted by atomic mass is 9.99. The predicted octanol–water partition coefficient (Wildman–Crippen LogP) is 0.463. The largest absolute Gasteiger partial charge is 0.352 e. The minimum atomic E-state index is 0.120. The standard InChI is InChI=1S/C10H18N2O/c1-7(2)10(13)11-9-6-12-4-3-8(9)5-12/h7-9H,3-6H2,1-2H3,(H,11,13)/t8-,9+/m1/s1. The van der Waals surface area contributed by atoms with Crippen molar-refractivity contribution in [1.82, 2.24) is 10.2 Å². The van der Waals surface area contributed by atoms with E-state index in [-0.39, 0.29) is 11.8 Å². The number of fused-ring (bicyclic) bond motifs is 2. The van der Waals surface area contributed by atoms with E-state index < -0.39 is 0 Å². The lowest BCUT2D eigenvalue weighted by Crippen LogP contribution is -2.44. The van der Waals surface area contributed by atoms with E-state index in [2.05, 4.69) is 10.2 Å². The molecule has 0 aromatic heterocycles. The van der Waals surface area contributed by atoms with Crippen molar-refractivity contribution in [3.8, 4) is 0 Å². The Labute approximate surface area is 79.5 Å². The summed E-state index contributed by atoms with van der Waals surface area (Å²) in [6, 6.07) is 0.434. The first kappa shape index (κ1) is 9.00. The first-order valence-corrected chi connectivity index (χ1v) is 5.19. The van der Waals surface area contributed by atoms with Crippen molar-refractivity contribution in [3.63, 3.8) is 0 Å². The van der Waals surface area contributed by atoms with Gasteiger partial charge in [-0.3, -0.25) is 4.79 Å². The van der Waals surface area contributed by atoms with Gasteiger partial charge in [-0.1, -0.05) is 13.8 Å². The molecule has 2 heterocycles. The van der Waals surface area contributed by atoms with Crippen LogP contribution in [-0.4, -0.2) is 36.5 Å². The summed E-state index contributed by atoms with van der Waals surface area (Å²) < 4.78 is 0. The normalized spacial score (nSPS) is 37.0. The van der Waals surface area contributed by atoms with Gasteiger partial charge in [-0.25, -0.2) is 0 Å². The fourth-order valence-electron chi connectivity index (χ4n) is 2.30. The van der Waals surface area contributed by atoms with E-state index in [9.17, 15) is 4.79 Å². The first-order chi connectivity index (χ1) is 6.16. The van der Waals surface area contributed by atoms with Gasteiger partial charge in [0.2, 0.25) is 5.91 Å². The summed E-state index contributed by atoms with van der Waals surface area (Å²) in [7, 11) is 0. The number of hydrogen-bond acceptors (Lipinski definition) is 2. The highest BCUT2D eigenvalue weighted by Crippen LogP contribution is 2.27. The topological polar surface area (TPSA) is 32.3 Å². The van der Waals surface area contributed by atoms with Gasteiger partial charge in [0.1, 0.15) is 0 Å². The third-order valence-corrected chi connectivity index (χ3v) is 3.18. The number of nitrogens with zero attached hydrogens (tertiary/aromatic N) is 1. The Morgan fingerprint density at radius 1 is 1.46 bits per heavy atom. The molecule has 0 aliphatic carbocycles. The van der Waals surface area contributed by atoms with Crippen LogP contribution in [0.5, 0.6) is 0 Å². The van der Waals surface area contributed by atoms with Crippen molar-refractivity contribution in [2.24, 2.45) is 11.8 Å². The Morgan fingerprint density at radius 3 is 2.69 bits per heavy atom.